The first kappa shape index (κ1) is 23.1. The number of aromatic nitrogens is 2. The number of nitrogens with zero attached hydrogens (tertiary/aromatic N) is 2. The van der Waals surface area contributed by atoms with Crippen LogP contribution < -0.4 is 10.9 Å². The van der Waals surface area contributed by atoms with Crippen molar-refractivity contribution in [2.75, 3.05) is 11.1 Å². The van der Waals surface area contributed by atoms with E-state index in [0.29, 0.717) is 21.8 Å². The minimum atomic E-state index is -0.184. The summed E-state index contributed by atoms with van der Waals surface area (Å²) in [6.07, 6.45) is 2.99. The largest absolute Gasteiger partial charge is 0.325 e. The molecule has 0 bridgehead atoms. The average molecular weight is 510 g/mol. The molecule has 34 heavy (non-hydrogen) atoms. The number of hydrogen-bond donors (Lipinski definition) is 1. The van der Waals surface area contributed by atoms with Gasteiger partial charge in [-0.3, -0.25) is 14.2 Å². The minimum absolute atomic E-state index is 0.0568. The van der Waals surface area contributed by atoms with Gasteiger partial charge in [0.1, 0.15) is 4.83 Å². The summed E-state index contributed by atoms with van der Waals surface area (Å²) in [5.41, 5.74) is 3.61. The molecule has 1 aliphatic carbocycles. The smallest absolute Gasteiger partial charge is 0.267 e. The van der Waals surface area contributed by atoms with Crippen molar-refractivity contribution in [3.8, 4) is 5.69 Å². The van der Waals surface area contributed by atoms with Crippen molar-refractivity contribution in [3.05, 3.63) is 79.9 Å². The monoisotopic (exact) mass is 509 g/mol. The molecule has 4 aromatic rings. The van der Waals surface area contributed by atoms with Gasteiger partial charge in [-0.25, -0.2) is 4.98 Å². The zero-order valence-corrected chi connectivity index (χ0v) is 21.3. The highest BCUT2D eigenvalue weighted by atomic mass is 35.5. The Bertz CT molecular complexity index is 1440. The number of hydrogen-bond acceptors (Lipinski definition) is 5. The van der Waals surface area contributed by atoms with Gasteiger partial charge >= 0.3 is 0 Å². The third-order valence-electron chi connectivity index (χ3n) is 6.03. The van der Waals surface area contributed by atoms with E-state index in [9.17, 15) is 9.59 Å². The first-order valence-corrected chi connectivity index (χ1v) is 13.4. The predicted molar refractivity (Wildman–Crippen MR) is 142 cm³/mol. The summed E-state index contributed by atoms with van der Waals surface area (Å²) in [5, 5.41) is 4.68. The number of rotatable bonds is 5. The van der Waals surface area contributed by atoms with Crippen LogP contribution in [0.2, 0.25) is 5.02 Å². The molecule has 1 amide bonds. The van der Waals surface area contributed by atoms with Crippen LogP contribution in [-0.4, -0.2) is 21.2 Å². The molecule has 1 atom stereocenters. The van der Waals surface area contributed by atoms with Gasteiger partial charge in [0.05, 0.1) is 16.8 Å². The zero-order chi connectivity index (χ0) is 23.8. The van der Waals surface area contributed by atoms with E-state index in [1.54, 1.807) is 40.2 Å². The van der Waals surface area contributed by atoms with Crippen molar-refractivity contribution in [2.45, 2.75) is 38.3 Å². The van der Waals surface area contributed by atoms with E-state index in [-0.39, 0.29) is 17.2 Å². The molecule has 174 valence electrons. The lowest BCUT2D eigenvalue weighted by Gasteiger charge is -2.18. The molecule has 1 unspecified atom stereocenters. The summed E-state index contributed by atoms with van der Waals surface area (Å²) in [6.45, 7) is 4.27. The van der Waals surface area contributed by atoms with Crippen LogP contribution in [0.3, 0.4) is 0 Å². The fourth-order valence-electron chi connectivity index (χ4n) is 4.28. The van der Waals surface area contributed by atoms with Crippen LogP contribution in [0.4, 0.5) is 5.69 Å². The molecule has 0 saturated heterocycles. The van der Waals surface area contributed by atoms with Gasteiger partial charge in [0.15, 0.2) is 5.16 Å². The lowest BCUT2D eigenvalue weighted by molar-refractivity contribution is -0.113. The molecule has 0 spiro atoms. The molecule has 5 rings (SSSR count). The highest BCUT2D eigenvalue weighted by Crippen LogP contribution is 2.37. The van der Waals surface area contributed by atoms with E-state index in [2.05, 4.69) is 12.2 Å². The number of nitrogens with one attached hydrogen (secondary N) is 1. The maximum absolute atomic E-state index is 13.8. The highest BCUT2D eigenvalue weighted by Gasteiger charge is 2.25. The zero-order valence-electron chi connectivity index (χ0n) is 18.9. The van der Waals surface area contributed by atoms with E-state index in [4.69, 9.17) is 16.6 Å². The molecule has 5 nitrogen and oxygen atoms in total. The Labute approximate surface area is 211 Å². The number of carbonyl (C=O) groups excluding carboxylic acids is 1. The van der Waals surface area contributed by atoms with E-state index in [0.717, 1.165) is 46.3 Å². The summed E-state index contributed by atoms with van der Waals surface area (Å²) in [6, 6.07) is 14.9. The standard InChI is InChI=1S/C26H24ClN3O2S2/c1-15-6-9-19(10-7-15)30-25(32)23-20-11-8-16(2)12-21(20)34-24(23)29-26(30)33-14-22(31)28-18-5-3-4-17(27)13-18/h3-7,9-10,13,16H,8,11-12,14H2,1-2H3,(H,28,31). The second-order valence-corrected chi connectivity index (χ2v) is 11.2. The number of amides is 1. The lowest BCUT2D eigenvalue weighted by atomic mass is 9.89. The SMILES string of the molecule is Cc1ccc(-n2c(SCC(=O)Nc3cccc(Cl)c3)nc3sc4c(c3c2=O)CCC(C)C4)cc1. The van der Waals surface area contributed by atoms with Gasteiger partial charge in [0, 0.05) is 15.6 Å². The van der Waals surface area contributed by atoms with E-state index >= 15 is 0 Å². The van der Waals surface area contributed by atoms with Gasteiger partial charge < -0.3 is 5.32 Å². The molecule has 0 fully saturated rings. The lowest BCUT2D eigenvalue weighted by Crippen LogP contribution is -2.23. The third-order valence-corrected chi connectivity index (χ3v) is 8.35. The molecule has 0 aliphatic heterocycles. The fraction of sp³-hybridized carbons (Fsp3) is 0.269. The number of aryl methyl sites for hydroxylation is 2. The summed E-state index contributed by atoms with van der Waals surface area (Å²) >= 11 is 8.91. The number of halogens is 1. The molecule has 2 heterocycles. The van der Waals surface area contributed by atoms with Crippen LogP contribution in [0.15, 0.2) is 58.5 Å². The van der Waals surface area contributed by atoms with Gasteiger partial charge in [0.25, 0.3) is 5.56 Å². The van der Waals surface area contributed by atoms with Crippen molar-refractivity contribution >= 4 is 56.5 Å². The molecular weight excluding hydrogens is 486 g/mol. The van der Waals surface area contributed by atoms with Crippen molar-refractivity contribution < 1.29 is 4.79 Å². The number of anilines is 1. The van der Waals surface area contributed by atoms with Gasteiger partial charge in [-0.2, -0.15) is 0 Å². The molecule has 0 radical (unpaired) electrons. The Balaban J connectivity index is 1.53. The summed E-state index contributed by atoms with van der Waals surface area (Å²) < 4.78 is 1.66. The summed E-state index contributed by atoms with van der Waals surface area (Å²) in [5.74, 6) is 0.554. The normalized spacial score (nSPS) is 15.3. The number of benzene rings is 2. The number of carbonyl (C=O) groups is 1. The highest BCUT2D eigenvalue weighted by molar-refractivity contribution is 7.99. The second kappa shape index (κ2) is 9.56. The number of fused-ring (bicyclic) bond motifs is 3. The number of thiophene rings is 1. The quantitative estimate of drug-likeness (QED) is 0.254. The van der Waals surface area contributed by atoms with Crippen molar-refractivity contribution in [1.82, 2.24) is 9.55 Å². The van der Waals surface area contributed by atoms with Crippen molar-refractivity contribution in [1.29, 1.82) is 0 Å². The van der Waals surface area contributed by atoms with Crippen LogP contribution in [0.25, 0.3) is 15.9 Å². The van der Waals surface area contributed by atoms with Gasteiger partial charge in [-0.15, -0.1) is 11.3 Å². The Morgan fingerprint density at radius 2 is 2.06 bits per heavy atom. The maximum Gasteiger partial charge on any atom is 0.267 e. The van der Waals surface area contributed by atoms with Crippen LogP contribution in [0.5, 0.6) is 0 Å². The Hall–Kier alpha value is -2.61. The molecular formula is C26H24ClN3O2S2. The van der Waals surface area contributed by atoms with Crippen molar-refractivity contribution in [3.63, 3.8) is 0 Å². The summed E-state index contributed by atoms with van der Waals surface area (Å²) in [4.78, 5) is 33.4. The molecule has 0 saturated carbocycles. The van der Waals surface area contributed by atoms with Gasteiger partial charge in [-0.1, -0.05) is 54.0 Å². The summed E-state index contributed by atoms with van der Waals surface area (Å²) in [7, 11) is 0. The molecule has 2 aromatic heterocycles. The Kier molecular flexibility index (Phi) is 6.51. The molecule has 2 aromatic carbocycles. The number of thioether (sulfide) groups is 1. The van der Waals surface area contributed by atoms with Gasteiger partial charge in [0.2, 0.25) is 5.91 Å². The Morgan fingerprint density at radius 3 is 2.82 bits per heavy atom. The topological polar surface area (TPSA) is 64.0 Å². The van der Waals surface area contributed by atoms with Gasteiger partial charge in [-0.05, 0) is 68.0 Å². The molecule has 8 heteroatoms. The van der Waals surface area contributed by atoms with E-state index in [1.807, 2.05) is 31.2 Å². The third kappa shape index (κ3) is 4.65. The second-order valence-electron chi connectivity index (χ2n) is 8.75. The Morgan fingerprint density at radius 1 is 1.26 bits per heavy atom. The van der Waals surface area contributed by atoms with Crippen molar-refractivity contribution in [2.24, 2.45) is 5.92 Å². The van der Waals surface area contributed by atoms with E-state index in [1.165, 1.54) is 16.6 Å². The maximum atomic E-state index is 13.8. The van der Waals surface area contributed by atoms with Crippen LogP contribution in [0.1, 0.15) is 29.3 Å². The molecule has 1 aliphatic rings. The van der Waals surface area contributed by atoms with Crippen LogP contribution in [-0.2, 0) is 17.6 Å². The average Bonchev–Trinajstić information content (AvgIpc) is 3.16. The molecule has 1 N–H and O–H groups in total. The van der Waals surface area contributed by atoms with E-state index < -0.39 is 0 Å². The van der Waals surface area contributed by atoms with Crippen LogP contribution >= 0.6 is 34.7 Å². The van der Waals surface area contributed by atoms with Crippen LogP contribution in [0, 0.1) is 12.8 Å². The fourth-order valence-corrected chi connectivity index (χ4v) is 6.71. The first-order chi connectivity index (χ1) is 16.4. The minimum Gasteiger partial charge on any atom is -0.325 e. The predicted octanol–water partition coefficient (Wildman–Crippen LogP) is 6.26. The first-order valence-electron chi connectivity index (χ1n) is 11.2.